The third kappa shape index (κ3) is 4.19. The van der Waals surface area contributed by atoms with Crippen LogP contribution < -0.4 is 11.1 Å². The second-order valence-corrected chi connectivity index (χ2v) is 11.1. The lowest BCUT2D eigenvalue weighted by molar-refractivity contribution is -0.160. The predicted octanol–water partition coefficient (Wildman–Crippen LogP) is 0.346. The van der Waals surface area contributed by atoms with Crippen molar-refractivity contribution in [2.75, 3.05) is 19.6 Å². The lowest BCUT2D eigenvalue weighted by Crippen LogP contribution is -2.62. The maximum atomic E-state index is 13.7. The van der Waals surface area contributed by atoms with Crippen LogP contribution in [-0.2, 0) is 19.2 Å². The van der Waals surface area contributed by atoms with Crippen molar-refractivity contribution in [1.29, 1.82) is 0 Å². The summed E-state index contributed by atoms with van der Waals surface area (Å²) in [6.45, 7) is 5.98. The quantitative estimate of drug-likeness (QED) is 0.443. The van der Waals surface area contributed by atoms with E-state index >= 15 is 0 Å². The van der Waals surface area contributed by atoms with Crippen LogP contribution in [0.3, 0.4) is 0 Å². The molecule has 0 spiro atoms. The lowest BCUT2D eigenvalue weighted by atomic mass is 9.73. The smallest absolute Gasteiger partial charge is 0.353 e. The summed E-state index contributed by atoms with van der Waals surface area (Å²) in [5.41, 5.74) is 5.72. The first-order chi connectivity index (χ1) is 15.5. The molecule has 4 rings (SSSR count). The monoisotopic (exact) mass is 482 g/mol. The average Bonchev–Trinajstić information content (AvgIpc) is 3.38. The molecule has 182 valence electrons. The Bertz CT molecular complexity index is 903. The number of fused-ring (bicyclic) bond motifs is 1. The van der Waals surface area contributed by atoms with Crippen LogP contribution in [0.1, 0.15) is 33.6 Å². The third-order valence-corrected chi connectivity index (χ3v) is 8.81. The Kier molecular flexibility index (Phi) is 6.58. The van der Waals surface area contributed by atoms with Crippen LogP contribution in [0.5, 0.6) is 0 Å². The summed E-state index contributed by atoms with van der Waals surface area (Å²) in [6.07, 6.45) is -0.448. The molecule has 33 heavy (non-hydrogen) atoms. The van der Waals surface area contributed by atoms with Gasteiger partial charge in [-0.05, 0) is 19.3 Å². The first-order valence-electron chi connectivity index (χ1n) is 11.4. The highest BCUT2D eigenvalue weighted by Gasteiger charge is 2.60. The number of carboxylic acids is 1. The van der Waals surface area contributed by atoms with Crippen LogP contribution >= 0.6 is 11.8 Å². The van der Waals surface area contributed by atoms with Crippen molar-refractivity contribution >= 4 is 35.3 Å². The van der Waals surface area contributed by atoms with Crippen LogP contribution in [0.15, 0.2) is 10.6 Å². The number of rotatable bonds is 7. The zero-order valence-corrected chi connectivity index (χ0v) is 19.8. The van der Waals surface area contributed by atoms with E-state index in [1.54, 1.807) is 0 Å². The normalized spacial score (nSPS) is 36.8. The minimum Gasteiger partial charge on any atom is -0.477 e. The van der Waals surface area contributed by atoms with Gasteiger partial charge in [-0.25, -0.2) is 9.18 Å². The van der Waals surface area contributed by atoms with E-state index in [9.17, 15) is 28.7 Å². The summed E-state index contributed by atoms with van der Waals surface area (Å²) in [6, 6.07) is -1.39. The fourth-order valence-corrected chi connectivity index (χ4v) is 7.18. The molecule has 4 N–H and O–H groups in total. The summed E-state index contributed by atoms with van der Waals surface area (Å²) >= 11 is 1.41. The number of thioether (sulfide) groups is 1. The molecule has 0 saturated carbocycles. The number of nitrogens with zero attached hydrogens (tertiary/aromatic N) is 2. The highest BCUT2D eigenvalue weighted by atomic mass is 32.2. The standard InChI is InChI=1S/C22H31FN4O5S/c1-9(4-10(2)28)16-17-11(3)19(18(22(31)32)27(17)21(16)30)33-12-5-15(25-6-12)20(29)26-7-13(23)14(24)8-26/h9,11-17,25H,4-8,24H2,1-3H3,(H,31,32)/t9-,11+,12-,13-,14-,15-,16+,17+/m0/s1. The van der Waals surface area contributed by atoms with Crippen molar-refractivity contribution in [3.8, 4) is 0 Å². The topological polar surface area (TPSA) is 133 Å². The molecule has 0 aromatic heterocycles. The van der Waals surface area contributed by atoms with E-state index in [1.165, 1.54) is 28.5 Å². The van der Waals surface area contributed by atoms with Gasteiger partial charge in [0.15, 0.2) is 0 Å². The first-order valence-corrected chi connectivity index (χ1v) is 12.3. The summed E-state index contributed by atoms with van der Waals surface area (Å²) in [5.74, 6) is -2.26. The van der Waals surface area contributed by atoms with E-state index in [0.29, 0.717) is 17.9 Å². The largest absolute Gasteiger partial charge is 0.477 e. The van der Waals surface area contributed by atoms with E-state index in [1.807, 2.05) is 13.8 Å². The van der Waals surface area contributed by atoms with Gasteiger partial charge < -0.3 is 30.8 Å². The molecule has 4 aliphatic rings. The number of carbonyl (C=O) groups is 4. The summed E-state index contributed by atoms with van der Waals surface area (Å²) in [5, 5.41) is 13.0. The van der Waals surface area contributed by atoms with Crippen molar-refractivity contribution in [3.05, 3.63) is 10.6 Å². The number of nitrogens with one attached hydrogen (secondary N) is 1. The summed E-state index contributed by atoms with van der Waals surface area (Å²) < 4.78 is 13.7. The number of hydrogen-bond acceptors (Lipinski definition) is 7. The molecular formula is C22H31FN4O5S. The highest BCUT2D eigenvalue weighted by molar-refractivity contribution is 8.03. The van der Waals surface area contributed by atoms with Gasteiger partial charge in [0.25, 0.3) is 0 Å². The zero-order valence-electron chi connectivity index (χ0n) is 19.0. The number of likely N-dealkylation sites (tertiary alicyclic amines) is 1. The highest BCUT2D eigenvalue weighted by Crippen LogP contribution is 2.53. The van der Waals surface area contributed by atoms with Gasteiger partial charge in [0.1, 0.15) is 17.7 Å². The maximum Gasteiger partial charge on any atom is 0.353 e. The number of hydrogen-bond donors (Lipinski definition) is 3. The number of carboxylic acid groups (broad SMARTS) is 1. The molecule has 3 fully saturated rings. The third-order valence-electron chi connectivity index (χ3n) is 7.30. The molecule has 4 heterocycles. The van der Waals surface area contributed by atoms with E-state index in [2.05, 4.69) is 5.32 Å². The zero-order chi connectivity index (χ0) is 24.2. The number of Topliss-reactive ketones (excluding diaryl/α,β-unsaturated/α-hetero) is 1. The van der Waals surface area contributed by atoms with Crippen molar-refractivity contribution in [2.45, 2.75) is 63.2 Å². The first kappa shape index (κ1) is 24.2. The number of amides is 2. The fourth-order valence-electron chi connectivity index (χ4n) is 5.70. The average molecular weight is 483 g/mol. The molecule has 0 aromatic carbocycles. The van der Waals surface area contributed by atoms with E-state index < -0.39 is 24.2 Å². The van der Waals surface area contributed by atoms with Crippen molar-refractivity contribution < 1.29 is 28.7 Å². The van der Waals surface area contributed by atoms with Gasteiger partial charge >= 0.3 is 5.97 Å². The number of halogens is 1. The summed E-state index contributed by atoms with van der Waals surface area (Å²) in [4.78, 5) is 52.7. The van der Waals surface area contributed by atoms with Crippen LogP contribution in [0.25, 0.3) is 0 Å². The Hall–Kier alpha value is -1.98. The van der Waals surface area contributed by atoms with Crippen LogP contribution in [0.4, 0.5) is 4.39 Å². The second kappa shape index (κ2) is 8.99. The molecule has 9 nitrogen and oxygen atoms in total. The van der Waals surface area contributed by atoms with Crippen LogP contribution in [0, 0.1) is 17.8 Å². The Morgan fingerprint density at radius 3 is 2.61 bits per heavy atom. The van der Waals surface area contributed by atoms with Crippen molar-refractivity contribution in [3.63, 3.8) is 0 Å². The second-order valence-electron chi connectivity index (χ2n) is 9.77. The van der Waals surface area contributed by atoms with Gasteiger partial charge in [-0.3, -0.25) is 9.59 Å². The van der Waals surface area contributed by atoms with E-state index in [4.69, 9.17) is 5.73 Å². The Balaban J connectivity index is 1.45. The Morgan fingerprint density at radius 2 is 2.03 bits per heavy atom. The minimum atomic E-state index is -1.22. The molecule has 8 atom stereocenters. The molecule has 0 bridgehead atoms. The molecule has 2 amide bonds. The number of aliphatic carboxylic acids is 1. The number of nitrogens with two attached hydrogens (primary N) is 1. The van der Waals surface area contributed by atoms with Crippen LogP contribution in [-0.4, -0.2) is 87.7 Å². The van der Waals surface area contributed by atoms with E-state index in [0.717, 1.165) is 0 Å². The number of β-lactam (4-membered cyclic amide) rings is 1. The molecule has 0 aliphatic carbocycles. The van der Waals surface area contributed by atoms with Crippen LogP contribution in [0.2, 0.25) is 0 Å². The molecule has 3 saturated heterocycles. The van der Waals surface area contributed by atoms with Gasteiger partial charge in [0, 0.05) is 35.6 Å². The molecule has 0 unspecified atom stereocenters. The number of alkyl halides is 1. The van der Waals surface area contributed by atoms with Crippen molar-refractivity contribution in [1.82, 2.24) is 15.1 Å². The van der Waals surface area contributed by atoms with Gasteiger partial charge in [-0.15, -0.1) is 11.8 Å². The summed E-state index contributed by atoms with van der Waals surface area (Å²) in [7, 11) is 0. The van der Waals surface area contributed by atoms with Gasteiger partial charge in [0.05, 0.1) is 30.6 Å². The molecule has 4 aliphatic heterocycles. The minimum absolute atomic E-state index is 0.0000734. The number of ketones is 1. The fraction of sp³-hybridized carbons (Fsp3) is 0.727. The van der Waals surface area contributed by atoms with E-state index in [-0.39, 0.29) is 71.9 Å². The van der Waals surface area contributed by atoms with Crippen molar-refractivity contribution in [2.24, 2.45) is 23.5 Å². The van der Waals surface area contributed by atoms with Gasteiger partial charge in [-0.1, -0.05) is 13.8 Å². The molecule has 0 aromatic rings. The maximum absolute atomic E-state index is 13.7. The van der Waals surface area contributed by atoms with Gasteiger partial charge in [-0.2, -0.15) is 0 Å². The molecule has 0 radical (unpaired) electrons. The Morgan fingerprint density at radius 1 is 1.33 bits per heavy atom. The molecular weight excluding hydrogens is 451 g/mol. The Labute approximate surface area is 196 Å². The number of carbonyl (C=O) groups excluding carboxylic acids is 3. The molecule has 11 heteroatoms. The predicted molar refractivity (Wildman–Crippen MR) is 120 cm³/mol. The van der Waals surface area contributed by atoms with Gasteiger partial charge in [0.2, 0.25) is 11.8 Å². The lowest BCUT2D eigenvalue weighted by Gasteiger charge is -2.47. The SMILES string of the molecule is CC(=O)C[C@H](C)[C@H]1C(=O)N2C(C(=O)O)=C(S[C@@H]3CN[C@H](C(=O)N4C[C@H](N)[C@@H](F)C4)C3)[C@H](C)[C@H]12.